The monoisotopic (exact) mass is 325 g/mol. The van der Waals surface area contributed by atoms with Gasteiger partial charge >= 0.3 is 0 Å². The molecule has 4 rings (SSSR count). The van der Waals surface area contributed by atoms with Crippen molar-refractivity contribution in [3.63, 3.8) is 0 Å². The number of rotatable bonds is 1. The van der Waals surface area contributed by atoms with Crippen molar-refractivity contribution in [1.82, 2.24) is 4.98 Å². The standard InChI is InChI=1S/C19H16ClNO2/c1-19(2)22-17(14-7-5-8-15(20)18(14)23-19)13-10-12-6-3-4-9-16(12)21-11-13/h3-11,17H,1-2H3. The van der Waals surface area contributed by atoms with Gasteiger partial charge in [-0.1, -0.05) is 41.9 Å². The second kappa shape index (κ2) is 5.22. The van der Waals surface area contributed by atoms with E-state index in [-0.39, 0.29) is 6.10 Å². The largest absolute Gasteiger partial charge is 0.461 e. The van der Waals surface area contributed by atoms with Gasteiger partial charge in [-0.3, -0.25) is 4.98 Å². The third-order valence-corrected chi connectivity index (χ3v) is 4.24. The van der Waals surface area contributed by atoms with Crippen LogP contribution in [0.5, 0.6) is 5.75 Å². The molecule has 2 heterocycles. The Morgan fingerprint density at radius 2 is 1.91 bits per heavy atom. The smallest absolute Gasteiger partial charge is 0.205 e. The lowest BCUT2D eigenvalue weighted by Gasteiger charge is -2.38. The number of pyridine rings is 1. The van der Waals surface area contributed by atoms with E-state index in [0.29, 0.717) is 10.8 Å². The summed E-state index contributed by atoms with van der Waals surface area (Å²) in [6.45, 7) is 3.78. The Labute approximate surface area is 139 Å². The van der Waals surface area contributed by atoms with Gasteiger partial charge in [0.2, 0.25) is 5.79 Å². The Balaban J connectivity index is 1.88. The summed E-state index contributed by atoms with van der Waals surface area (Å²) in [4.78, 5) is 4.55. The fraction of sp³-hybridized carbons (Fsp3) is 0.211. The molecular formula is C19H16ClNO2. The minimum atomic E-state index is -0.756. The van der Waals surface area contributed by atoms with Crippen LogP contribution in [-0.4, -0.2) is 10.8 Å². The zero-order valence-electron chi connectivity index (χ0n) is 12.9. The lowest BCUT2D eigenvalue weighted by molar-refractivity contribution is -0.196. The third-order valence-electron chi connectivity index (χ3n) is 3.94. The van der Waals surface area contributed by atoms with E-state index in [2.05, 4.69) is 17.1 Å². The van der Waals surface area contributed by atoms with E-state index in [4.69, 9.17) is 21.1 Å². The van der Waals surface area contributed by atoms with Gasteiger partial charge in [0.25, 0.3) is 0 Å². The van der Waals surface area contributed by atoms with Crippen LogP contribution < -0.4 is 4.74 Å². The molecule has 1 aromatic heterocycles. The lowest BCUT2D eigenvalue weighted by atomic mass is 9.98. The molecule has 0 radical (unpaired) electrons. The molecular weight excluding hydrogens is 310 g/mol. The first-order valence-corrected chi connectivity index (χ1v) is 7.91. The Bertz CT molecular complexity index is 891. The summed E-state index contributed by atoms with van der Waals surface area (Å²) in [6.07, 6.45) is 1.60. The molecule has 0 fully saturated rings. The highest BCUT2D eigenvalue weighted by Crippen LogP contribution is 2.45. The zero-order valence-corrected chi connectivity index (χ0v) is 13.7. The number of nitrogens with zero attached hydrogens (tertiary/aromatic N) is 1. The van der Waals surface area contributed by atoms with Crippen LogP contribution in [-0.2, 0) is 4.74 Å². The van der Waals surface area contributed by atoms with E-state index >= 15 is 0 Å². The van der Waals surface area contributed by atoms with Crippen molar-refractivity contribution < 1.29 is 9.47 Å². The summed E-state index contributed by atoms with van der Waals surface area (Å²) in [6, 6.07) is 15.9. The summed E-state index contributed by atoms with van der Waals surface area (Å²) in [5.74, 6) is -0.0718. The molecule has 2 aromatic carbocycles. The molecule has 0 amide bonds. The molecule has 0 bridgehead atoms. The number of halogens is 1. The number of hydrogen-bond acceptors (Lipinski definition) is 3. The van der Waals surface area contributed by atoms with Crippen molar-refractivity contribution >= 4 is 22.5 Å². The van der Waals surface area contributed by atoms with Crippen molar-refractivity contribution in [2.45, 2.75) is 25.7 Å². The minimum Gasteiger partial charge on any atom is -0.461 e. The maximum atomic E-state index is 6.32. The van der Waals surface area contributed by atoms with Crippen molar-refractivity contribution in [3.8, 4) is 5.75 Å². The highest BCUT2D eigenvalue weighted by atomic mass is 35.5. The van der Waals surface area contributed by atoms with Gasteiger partial charge in [-0.25, -0.2) is 0 Å². The van der Waals surface area contributed by atoms with Crippen LogP contribution in [0.4, 0.5) is 0 Å². The molecule has 0 spiro atoms. The number of aromatic nitrogens is 1. The molecule has 0 aliphatic carbocycles. The number of para-hydroxylation sites is 2. The molecule has 3 nitrogen and oxygen atoms in total. The molecule has 23 heavy (non-hydrogen) atoms. The Kier molecular flexibility index (Phi) is 3.29. The van der Waals surface area contributed by atoms with Crippen molar-refractivity contribution in [3.05, 3.63) is 70.9 Å². The van der Waals surface area contributed by atoms with Crippen LogP contribution in [0, 0.1) is 0 Å². The molecule has 116 valence electrons. The summed E-state index contributed by atoms with van der Waals surface area (Å²) in [7, 11) is 0. The molecule has 0 saturated heterocycles. The first kappa shape index (κ1) is 14.5. The molecule has 0 N–H and O–H groups in total. The number of benzene rings is 2. The predicted octanol–water partition coefficient (Wildman–Crippen LogP) is 5.12. The van der Waals surface area contributed by atoms with Gasteiger partial charge in [0.1, 0.15) is 11.9 Å². The van der Waals surface area contributed by atoms with Crippen LogP contribution in [0.25, 0.3) is 10.9 Å². The lowest BCUT2D eigenvalue weighted by Crippen LogP contribution is -2.38. The summed E-state index contributed by atoms with van der Waals surface area (Å²) in [5.41, 5.74) is 2.88. The van der Waals surface area contributed by atoms with E-state index in [1.54, 1.807) is 0 Å². The van der Waals surface area contributed by atoms with Crippen molar-refractivity contribution in [2.24, 2.45) is 0 Å². The average molecular weight is 326 g/mol. The van der Waals surface area contributed by atoms with Crippen LogP contribution in [0.2, 0.25) is 5.02 Å². The molecule has 1 atom stereocenters. The quantitative estimate of drug-likeness (QED) is 0.622. The minimum absolute atomic E-state index is 0.260. The van der Waals surface area contributed by atoms with Crippen molar-refractivity contribution in [2.75, 3.05) is 0 Å². The van der Waals surface area contributed by atoms with Crippen LogP contribution in [0.3, 0.4) is 0 Å². The van der Waals surface area contributed by atoms with E-state index in [9.17, 15) is 0 Å². The second-order valence-electron chi connectivity index (χ2n) is 6.12. The molecule has 1 aliphatic heterocycles. The van der Waals surface area contributed by atoms with Crippen LogP contribution >= 0.6 is 11.6 Å². The third kappa shape index (κ3) is 2.56. The molecule has 4 heteroatoms. The van der Waals surface area contributed by atoms with E-state index in [1.807, 2.05) is 56.4 Å². The predicted molar refractivity (Wildman–Crippen MR) is 90.8 cm³/mol. The van der Waals surface area contributed by atoms with E-state index in [1.165, 1.54) is 0 Å². The summed E-state index contributed by atoms with van der Waals surface area (Å²) < 4.78 is 12.1. The molecule has 3 aromatic rings. The van der Waals surface area contributed by atoms with Gasteiger partial charge in [0.15, 0.2) is 0 Å². The maximum absolute atomic E-state index is 6.32. The van der Waals surface area contributed by atoms with Gasteiger partial charge in [-0.05, 0) is 18.2 Å². The average Bonchev–Trinajstić information content (AvgIpc) is 2.54. The SMILES string of the molecule is CC1(C)Oc2c(Cl)cccc2C(c2cnc3ccccc3c2)O1. The molecule has 0 saturated carbocycles. The van der Waals surface area contributed by atoms with Gasteiger partial charge in [-0.2, -0.15) is 0 Å². The molecule has 1 aliphatic rings. The van der Waals surface area contributed by atoms with Gasteiger partial charge in [0.05, 0.1) is 10.5 Å². The fourth-order valence-electron chi connectivity index (χ4n) is 2.94. The summed E-state index contributed by atoms with van der Waals surface area (Å²) >= 11 is 6.32. The van der Waals surface area contributed by atoms with Crippen LogP contribution in [0.1, 0.15) is 31.1 Å². The highest BCUT2D eigenvalue weighted by molar-refractivity contribution is 6.32. The topological polar surface area (TPSA) is 31.4 Å². The highest BCUT2D eigenvalue weighted by Gasteiger charge is 2.36. The Hall–Kier alpha value is -2.10. The maximum Gasteiger partial charge on any atom is 0.205 e. The van der Waals surface area contributed by atoms with Gasteiger partial charge < -0.3 is 9.47 Å². The summed E-state index contributed by atoms with van der Waals surface area (Å²) in [5, 5.41) is 1.68. The number of hydrogen-bond donors (Lipinski definition) is 0. The van der Waals surface area contributed by atoms with E-state index in [0.717, 1.165) is 22.0 Å². The Morgan fingerprint density at radius 1 is 1.09 bits per heavy atom. The van der Waals surface area contributed by atoms with Crippen LogP contribution in [0.15, 0.2) is 54.7 Å². The van der Waals surface area contributed by atoms with E-state index < -0.39 is 5.79 Å². The zero-order chi connectivity index (χ0) is 16.0. The second-order valence-corrected chi connectivity index (χ2v) is 6.53. The first-order valence-electron chi connectivity index (χ1n) is 7.53. The van der Waals surface area contributed by atoms with Crippen molar-refractivity contribution in [1.29, 1.82) is 0 Å². The van der Waals surface area contributed by atoms with Gasteiger partial charge in [0, 0.05) is 36.6 Å². The molecule has 1 unspecified atom stereocenters. The normalized spacial score (nSPS) is 19.2. The Morgan fingerprint density at radius 3 is 2.78 bits per heavy atom. The first-order chi connectivity index (χ1) is 11.0. The number of fused-ring (bicyclic) bond motifs is 2. The fourth-order valence-corrected chi connectivity index (χ4v) is 3.16. The number of ether oxygens (including phenoxy) is 2. The van der Waals surface area contributed by atoms with Gasteiger partial charge in [-0.15, -0.1) is 0 Å².